The van der Waals surface area contributed by atoms with Crippen molar-refractivity contribution in [2.24, 2.45) is 0 Å². The SMILES string of the molecule is CCN(CC)C(CNCC(=O)O)c1ccccc1. The molecule has 0 saturated heterocycles. The van der Waals surface area contributed by atoms with Gasteiger partial charge in [0.15, 0.2) is 0 Å². The summed E-state index contributed by atoms with van der Waals surface area (Å²) in [6, 6.07) is 10.4. The molecule has 1 aromatic carbocycles. The van der Waals surface area contributed by atoms with Crippen molar-refractivity contribution in [1.29, 1.82) is 0 Å². The van der Waals surface area contributed by atoms with Crippen LogP contribution in [0, 0.1) is 0 Å². The number of benzene rings is 1. The van der Waals surface area contributed by atoms with Crippen molar-refractivity contribution in [1.82, 2.24) is 10.2 Å². The van der Waals surface area contributed by atoms with Gasteiger partial charge in [-0.1, -0.05) is 44.2 Å². The van der Waals surface area contributed by atoms with Gasteiger partial charge in [0, 0.05) is 12.6 Å². The standard InChI is InChI=1S/C14H22N2O2/c1-3-16(4-2)13(10-15-11-14(17)18)12-8-6-5-7-9-12/h5-9,13,15H,3-4,10-11H2,1-2H3,(H,17,18). The van der Waals surface area contributed by atoms with E-state index < -0.39 is 5.97 Å². The Morgan fingerprint density at radius 2 is 1.89 bits per heavy atom. The minimum absolute atomic E-state index is 0.00457. The van der Waals surface area contributed by atoms with Gasteiger partial charge in [-0.3, -0.25) is 9.69 Å². The Morgan fingerprint density at radius 3 is 2.39 bits per heavy atom. The summed E-state index contributed by atoms with van der Waals surface area (Å²) in [6.45, 7) is 6.80. The molecule has 0 bridgehead atoms. The highest BCUT2D eigenvalue weighted by molar-refractivity contribution is 5.68. The Labute approximate surface area is 109 Å². The summed E-state index contributed by atoms with van der Waals surface area (Å²) in [5.41, 5.74) is 1.22. The van der Waals surface area contributed by atoms with Crippen LogP contribution in [-0.2, 0) is 4.79 Å². The Hall–Kier alpha value is -1.39. The van der Waals surface area contributed by atoms with E-state index in [2.05, 4.69) is 36.2 Å². The van der Waals surface area contributed by atoms with Crippen molar-refractivity contribution >= 4 is 5.97 Å². The van der Waals surface area contributed by atoms with Gasteiger partial charge in [-0.25, -0.2) is 0 Å². The van der Waals surface area contributed by atoms with Crippen LogP contribution in [0.3, 0.4) is 0 Å². The molecular weight excluding hydrogens is 228 g/mol. The summed E-state index contributed by atoms with van der Waals surface area (Å²) in [5, 5.41) is 11.7. The van der Waals surface area contributed by atoms with E-state index in [1.165, 1.54) is 5.56 Å². The van der Waals surface area contributed by atoms with E-state index in [0.29, 0.717) is 6.54 Å². The maximum Gasteiger partial charge on any atom is 0.317 e. The molecule has 0 aliphatic carbocycles. The number of carboxylic acids is 1. The highest BCUT2D eigenvalue weighted by Crippen LogP contribution is 2.19. The minimum Gasteiger partial charge on any atom is -0.480 e. The van der Waals surface area contributed by atoms with Gasteiger partial charge in [0.25, 0.3) is 0 Å². The van der Waals surface area contributed by atoms with E-state index in [1.54, 1.807) is 0 Å². The van der Waals surface area contributed by atoms with Gasteiger partial charge in [0.05, 0.1) is 6.54 Å². The molecule has 0 aliphatic heterocycles. The number of nitrogens with zero attached hydrogens (tertiary/aromatic N) is 1. The van der Waals surface area contributed by atoms with Crippen molar-refractivity contribution in [3.63, 3.8) is 0 Å². The van der Waals surface area contributed by atoms with Gasteiger partial charge >= 0.3 is 5.97 Å². The number of rotatable bonds is 8. The topological polar surface area (TPSA) is 52.6 Å². The molecule has 2 N–H and O–H groups in total. The summed E-state index contributed by atoms with van der Waals surface area (Å²) >= 11 is 0. The van der Waals surface area contributed by atoms with Gasteiger partial charge in [-0.05, 0) is 18.7 Å². The third-order valence-corrected chi connectivity index (χ3v) is 3.05. The summed E-state index contributed by atoms with van der Waals surface area (Å²) < 4.78 is 0. The first-order chi connectivity index (χ1) is 8.69. The zero-order valence-corrected chi connectivity index (χ0v) is 11.1. The predicted octanol–water partition coefficient (Wildman–Crippen LogP) is 1.74. The minimum atomic E-state index is -0.818. The first kappa shape index (κ1) is 14.7. The van der Waals surface area contributed by atoms with Gasteiger partial charge in [-0.15, -0.1) is 0 Å². The van der Waals surface area contributed by atoms with Crippen LogP contribution in [0.4, 0.5) is 0 Å². The number of carboxylic acid groups (broad SMARTS) is 1. The number of hydrogen-bond donors (Lipinski definition) is 2. The lowest BCUT2D eigenvalue weighted by Crippen LogP contribution is -2.37. The van der Waals surface area contributed by atoms with Crippen LogP contribution in [0.1, 0.15) is 25.5 Å². The quantitative estimate of drug-likeness (QED) is 0.738. The second-order valence-electron chi connectivity index (χ2n) is 4.17. The maximum absolute atomic E-state index is 10.6. The van der Waals surface area contributed by atoms with Gasteiger partial charge < -0.3 is 10.4 Å². The molecule has 18 heavy (non-hydrogen) atoms. The molecule has 4 heteroatoms. The number of hydrogen-bond acceptors (Lipinski definition) is 3. The van der Waals surface area contributed by atoms with Crippen LogP contribution in [0.25, 0.3) is 0 Å². The average Bonchev–Trinajstić information content (AvgIpc) is 2.39. The van der Waals surface area contributed by atoms with Crippen molar-refractivity contribution < 1.29 is 9.90 Å². The van der Waals surface area contributed by atoms with E-state index in [0.717, 1.165) is 13.1 Å². The van der Waals surface area contributed by atoms with Gasteiger partial charge in [-0.2, -0.15) is 0 Å². The fourth-order valence-electron chi connectivity index (χ4n) is 2.11. The largest absolute Gasteiger partial charge is 0.480 e. The number of nitrogens with one attached hydrogen (secondary N) is 1. The molecule has 0 saturated carbocycles. The third kappa shape index (κ3) is 4.47. The lowest BCUT2D eigenvalue weighted by Gasteiger charge is -2.30. The average molecular weight is 250 g/mol. The predicted molar refractivity (Wildman–Crippen MR) is 72.6 cm³/mol. The fraction of sp³-hybridized carbons (Fsp3) is 0.500. The van der Waals surface area contributed by atoms with E-state index in [1.807, 2.05) is 18.2 Å². The third-order valence-electron chi connectivity index (χ3n) is 3.05. The first-order valence-electron chi connectivity index (χ1n) is 6.40. The molecule has 1 aromatic rings. The highest BCUT2D eigenvalue weighted by atomic mass is 16.4. The van der Waals surface area contributed by atoms with E-state index in [4.69, 9.17) is 5.11 Å². The Kier molecular flexibility index (Phi) is 6.39. The molecule has 0 aromatic heterocycles. The number of aliphatic carboxylic acids is 1. The lowest BCUT2D eigenvalue weighted by molar-refractivity contribution is -0.136. The smallest absolute Gasteiger partial charge is 0.317 e. The van der Waals surface area contributed by atoms with Crippen LogP contribution in [-0.4, -0.2) is 42.2 Å². The molecule has 1 atom stereocenters. The van der Waals surface area contributed by atoms with Crippen molar-refractivity contribution in [2.75, 3.05) is 26.2 Å². The van der Waals surface area contributed by atoms with Crippen molar-refractivity contribution in [2.45, 2.75) is 19.9 Å². The number of carbonyl (C=O) groups is 1. The van der Waals surface area contributed by atoms with Gasteiger partial charge in [0.2, 0.25) is 0 Å². The van der Waals surface area contributed by atoms with Crippen molar-refractivity contribution in [3.05, 3.63) is 35.9 Å². The Balaban J connectivity index is 2.72. The number of likely N-dealkylation sites (N-methyl/N-ethyl adjacent to an activating group) is 1. The Morgan fingerprint density at radius 1 is 1.28 bits per heavy atom. The highest BCUT2D eigenvalue weighted by Gasteiger charge is 2.17. The molecule has 0 spiro atoms. The Bertz CT molecular complexity index is 350. The molecule has 0 heterocycles. The van der Waals surface area contributed by atoms with E-state index in [9.17, 15) is 4.79 Å². The van der Waals surface area contributed by atoms with Crippen LogP contribution >= 0.6 is 0 Å². The maximum atomic E-state index is 10.6. The van der Waals surface area contributed by atoms with Gasteiger partial charge in [0.1, 0.15) is 0 Å². The lowest BCUT2D eigenvalue weighted by atomic mass is 10.1. The molecule has 0 amide bonds. The summed E-state index contributed by atoms with van der Waals surface area (Å²) in [7, 11) is 0. The zero-order chi connectivity index (χ0) is 13.4. The zero-order valence-electron chi connectivity index (χ0n) is 11.1. The molecule has 100 valence electrons. The summed E-state index contributed by atoms with van der Waals surface area (Å²) in [6.07, 6.45) is 0. The normalized spacial score (nSPS) is 12.6. The van der Waals surface area contributed by atoms with Crippen LogP contribution in [0.15, 0.2) is 30.3 Å². The molecule has 0 radical (unpaired) electrons. The fourth-order valence-corrected chi connectivity index (χ4v) is 2.11. The van der Waals surface area contributed by atoms with E-state index in [-0.39, 0.29) is 12.6 Å². The van der Waals surface area contributed by atoms with E-state index >= 15 is 0 Å². The second kappa shape index (κ2) is 7.84. The second-order valence-corrected chi connectivity index (χ2v) is 4.17. The van der Waals surface area contributed by atoms with Crippen LogP contribution < -0.4 is 5.32 Å². The first-order valence-corrected chi connectivity index (χ1v) is 6.40. The van der Waals surface area contributed by atoms with Crippen LogP contribution in [0.5, 0.6) is 0 Å². The molecule has 1 unspecified atom stereocenters. The molecular formula is C14H22N2O2. The van der Waals surface area contributed by atoms with Crippen molar-refractivity contribution in [3.8, 4) is 0 Å². The summed E-state index contributed by atoms with van der Waals surface area (Å²) in [5.74, 6) is -0.818. The molecule has 0 fully saturated rings. The van der Waals surface area contributed by atoms with Crippen LogP contribution in [0.2, 0.25) is 0 Å². The molecule has 1 rings (SSSR count). The molecule has 4 nitrogen and oxygen atoms in total. The summed E-state index contributed by atoms with van der Waals surface area (Å²) in [4.78, 5) is 12.9. The molecule has 0 aliphatic rings. The monoisotopic (exact) mass is 250 g/mol.